The van der Waals surface area contributed by atoms with Crippen LogP contribution in [0.15, 0.2) is 11.0 Å². The first kappa shape index (κ1) is 9.40. The molecule has 0 aliphatic heterocycles. The van der Waals surface area contributed by atoms with Crippen molar-refractivity contribution in [1.29, 1.82) is 0 Å². The van der Waals surface area contributed by atoms with Gasteiger partial charge in [-0.25, -0.2) is 14.6 Å². The molecule has 76 valence electrons. The fourth-order valence-electron chi connectivity index (χ4n) is 1.49. The largest absolute Gasteiger partial charge is 0.350 e. The van der Waals surface area contributed by atoms with Crippen LogP contribution in [0.2, 0.25) is 0 Å². The molecule has 0 N–H and O–H groups in total. The van der Waals surface area contributed by atoms with E-state index in [2.05, 4.69) is 14.9 Å². The molecular formula is C9H9N5O. The van der Waals surface area contributed by atoms with Crippen molar-refractivity contribution >= 4 is 11.3 Å². The second kappa shape index (κ2) is 3.20. The number of aryl methyl sites for hydroxylation is 1. The maximum Gasteiger partial charge on any atom is 0.350 e. The monoisotopic (exact) mass is 203 g/mol. The van der Waals surface area contributed by atoms with E-state index in [0.29, 0.717) is 23.7 Å². The van der Waals surface area contributed by atoms with Crippen molar-refractivity contribution in [2.24, 2.45) is 0 Å². The molecule has 0 bridgehead atoms. The Hall–Kier alpha value is -2.16. The third kappa shape index (κ3) is 1.21. The van der Waals surface area contributed by atoms with Crippen LogP contribution in [0.25, 0.3) is 10.5 Å². The second-order valence-electron chi connectivity index (χ2n) is 3.06. The predicted octanol–water partition coefficient (Wildman–Crippen LogP) is 0.770. The molecule has 0 fully saturated rings. The Morgan fingerprint density at radius 1 is 1.60 bits per heavy atom. The molecule has 0 aliphatic rings. The molecule has 0 radical (unpaired) electrons. The SMILES string of the molecule is [C-]#[N+]c1cnn2c(=O)n(CC)c(C)nc12. The fourth-order valence-corrected chi connectivity index (χ4v) is 1.49. The zero-order valence-corrected chi connectivity index (χ0v) is 8.43. The molecule has 0 aromatic carbocycles. The summed E-state index contributed by atoms with van der Waals surface area (Å²) in [4.78, 5) is 19.3. The van der Waals surface area contributed by atoms with E-state index in [1.165, 1.54) is 10.8 Å². The van der Waals surface area contributed by atoms with E-state index in [1.54, 1.807) is 6.92 Å². The lowest BCUT2D eigenvalue weighted by Gasteiger charge is -2.05. The van der Waals surface area contributed by atoms with Crippen LogP contribution in [0.3, 0.4) is 0 Å². The van der Waals surface area contributed by atoms with Gasteiger partial charge in [-0.1, -0.05) is 0 Å². The Morgan fingerprint density at radius 3 is 2.93 bits per heavy atom. The molecule has 6 heteroatoms. The average Bonchev–Trinajstić information content (AvgIpc) is 2.61. The summed E-state index contributed by atoms with van der Waals surface area (Å²) in [5, 5.41) is 3.85. The lowest BCUT2D eigenvalue weighted by molar-refractivity contribution is 0.621. The van der Waals surface area contributed by atoms with Gasteiger partial charge in [-0.2, -0.15) is 9.61 Å². The second-order valence-corrected chi connectivity index (χ2v) is 3.06. The Balaban J connectivity index is 2.95. The summed E-state index contributed by atoms with van der Waals surface area (Å²) < 4.78 is 2.66. The zero-order valence-electron chi connectivity index (χ0n) is 8.43. The molecule has 0 amide bonds. The maximum atomic E-state index is 11.8. The van der Waals surface area contributed by atoms with Gasteiger partial charge in [0, 0.05) is 6.54 Å². The lowest BCUT2D eigenvalue weighted by Crippen LogP contribution is -2.29. The zero-order chi connectivity index (χ0) is 11.0. The number of hydrogen-bond donors (Lipinski definition) is 0. The smallest absolute Gasteiger partial charge is 0.281 e. The van der Waals surface area contributed by atoms with Gasteiger partial charge in [0.1, 0.15) is 5.82 Å². The topological polar surface area (TPSA) is 56.6 Å². The standard InChI is InChI=1S/C9H9N5O/c1-4-13-6(2)12-8-7(10-3)5-11-14(8)9(13)15/h5H,4H2,1-2H3. The van der Waals surface area contributed by atoms with Gasteiger partial charge in [-0.05, 0) is 13.8 Å². The van der Waals surface area contributed by atoms with Gasteiger partial charge >= 0.3 is 5.69 Å². The van der Waals surface area contributed by atoms with Crippen molar-refractivity contribution < 1.29 is 0 Å². The Morgan fingerprint density at radius 2 is 2.33 bits per heavy atom. The summed E-state index contributed by atoms with van der Waals surface area (Å²) in [5.74, 6) is 0.598. The average molecular weight is 203 g/mol. The molecular weight excluding hydrogens is 194 g/mol. The van der Waals surface area contributed by atoms with E-state index < -0.39 is 0 Å². The Labute approximate surface area is 85.6 Å². The van der Waals surface area contributed by atoms with Crippen molar-refractivity contribution in [3.05, 3.63) is 33.9 Å². The van der Waals surface area contributed by atoms with Crippen LogP contribution in [0, 0.1) is 13.5 Å². The van der Waals surface area contributed by atoms with E-state index in [1.807, 2.05) is 6.92 Å². The van der Waals surface area contributed by atoms with Crippen LogP contribution in [0.1, 0.15) is 12.7 Å². The molecule has 0 saturated heterocycles. The molecule has 2 rings (SSSR count). The van der Waals surface area contributed by atoms with Crippen molar-refractivity contribution in [2.45, 2.75) is 20.4 Å². The predicted molar refractivity (Wildman–Crippen MR) is 53.9 cm³/mol. The maximum absolute atomic E-state index is 11.8. The Bertz CT molecular complexity index is 616. The van der Waals surface area contributed by atoms with Gasteiger partial charge in [0.2, 0.25) is 0 Å². The first-order valence-corrected chi connectivity index (χ1v) is 4.51. The van der Waals surface area contributed by atoms with E-state index in [4.69, 9.17) is 6.57 Å². The molecule has 2 heterocycles. The van der Waals surface area contributed by atoms with Crippen LogP contribution < -0.4 is 5.69 Å². The molecule has 0 atom stereocenters. The van der Waals surface area contributed by atoms with Crippen LogP contribution in [0.4, 0.5) is 5.69 Å². The molecule has 0 unspecified atom stereocenters. The van der Waals surface area contributed by atoms with Crippen molar-refractivity contribution in [3.8, 4) is 0 Å². The number of nitrogens with zero attached hydrogens (tertiary/aromatic N) is 5. The van der Waals surface area contributed by atoms with Gasteiger partial charge < -0.3 is 0 Å². The third-order valence-electron chi connectivity index (χ3n) is 2.23. The number of hydrogen-bond acceptors (Lipinski definition) is 3. The van der Waals surface area contributed by atoms with Crippen LogP contribution >= 0.6 is 0 Å². The van der Waals surface area contributed by atoms with Crippen molar-refractivity contribution in [3.63, 3.8) is 0 Å². The molecule has 0 aliphatic carbocycles. The molecule has 2 aromatic heterocycles. The summed E-state index contributed by atoms with van der Waals surface area (Å²) in [6, 6.07) is 0. The quantitative estimate of drug-likeness (QED) is 0.643. The number of aromatic nitrogens is 4. The molecule has 0 spiro atoms. The summed E-state index contributed by atoms with van der Waals surface area (Å²) >= 11 is 0. The fraction of sp³-hybridized carbons (Fsp3) is 0.333. The Kier molecular flexibility index (Phi) is 2.01. The van der Waals surface area contributed by atoms with Crippen molar-refractivity contribution in [2.75, 3.05) is 0 Å². The lowest BCUT2D eigenvalue weighted by atomic mass is 10.5. The summed E-state index contributed by atoms with van der Waals surface area (Å²) in [6.45, 7) is 11.1. The van der Waals surface area contributed by atoms with E-state index in [0.717, 1.165) is 4.52 Å². The van der Waals surface area contributed by atoms with E-state index >= 15 is 0 Å². The van der Waals surface area contributed by atoms with Gasteiger partial charge in [0.05, 0.1) is 12.8 Å². The van der Waals surface area contributed by atoms with Gasteiger partial charge in [0.15, 0.2) is 5.65 Å². The molecule has 6 nitrogen and oxygen atoms in total. The van der Waals surface area contributed by atoms with Gasteiger partial charge in [0.25, 0.3) is 5.69 Å². The first-order chi connectivity index (χ1) is 7.19. The van der Waals surface area contributed by atoms with Gasteiger partial charge in [-0.3, -0.25) is 4.57 Å². The highest BCUT2D eigenvalue weighted by atomic mass is 16.2. The summed E-state index contributed by atoms with van der Waals surface area (Å²) in [5.41, 5.74) is 0.380. The highest BCUT2D eigenvalue weighted by molar-refractivity contribution is 5.66. The van der Waals surface area contributed by atoms with Gasteiger partial charge in [-0.15, -0.1) is 0 Å². The normalized spacial score (nSPS) is 10.5. The highest BCUT2D eigenvalue weighted by Crippen LogP contribution is 2.15. The summed E-state index contributed by atoms with van der Waals surface area (Å²) in [7, 11) is 0. The molecule has 15 heavy (non-hydrogen) atoms. The van der Waals surface area contributed by atoms with Crippen LogP contribution in [-0.4, -0.2) is 19.2 Å². The van der Waals surface area contributed by atoms with Crippen molar-refractivity contribution in [1.82, 2.24) is 19.2 Å². The molecule has 2 aromatic rings. The highest BCUT2D eigenvalue weighted by Gasteiger charge is 2.11. The number of rotatable bonds is 1. The molecule has 0 saturated carbocycles. The van der Waals surface area contributed by atoms with E-state index in [9.17, 15) is 4.79 Å². The number of fused-ring (bicyclic) bond motifs is 1. The first-order valence-electron chi connectivity index (χ1n) is 4.51. The van der Waals surface area contributed by atoms with Crippen LogP contribution in [-0.2, 0) is 6.54 Å². The third-order valence-corrected chi connectivity index (χ3v) is 2.23. The van der Waals surface area contributed by atoms with E-state index in [-0.39, 0.29) is 5.69 Å². The minimum Gasteiger partial charge on any atom is -0.281 e. The van der Waals surface area contributed by atoms with Crippen LogP contribution in [0.5, 0.6) is 0 Å². The minimum atomic E-state index is -0.255. The summed E-state index contributed by atoms with van der Waals surface area (Å²) in [6.07, 6.45) is 1.36. The minimum absolute atomic E-state index is 0.255.